The molecule has 0 spiro atoms. The second-order valence-corrected chi connectivity index (χ2v) is 10.7. The molecule has 9 nitrogen and oxygen atoms in total. The first-order valence-corrected chi connectivity index (χ1v) is 13.4. The molecule has 1 aromatic carbocycles. The number of carbonyl (C=O) groups is 5. The highest BCUT2D eigenvalue weighted by atomic mass is 79.9. The second kappa shape index (κ2) is 9.98. The third-order valence-electron chi connectivity index (χ3n) is 7.84. The molecule has 2 N–H and O–H groups in total. The highest BCUT2D eigenvalue weighted by molar-refractivity contribution is 9.12. The van der Waals surface area contributed by atoms with E-state index >= 15 is 0 Å². The third kappa shape index (κ3) is 4.11. The molecule has 1 saturated heterocycles. The molecule has 0 aromatic heterocycles. The van der Waals surface area contributed by atoms with E-state index in [1.165, 1.54) is 6.08 Å². The number of carbonyl (C=O) groups excluding carboxylic acids is 4. The monoisotopic (exact) mass is 583 g/mol. The number of Topliss-reactive ketones (excluding diaryl/α,β-unsaturated/α-hetero) is 1. The average molecular weight is 584 g/mol. The van der Waals surface area contributed by atoms with Crippen molar-refractivity contribution >= 4 is 45.3 Å². The van der Waals surface area contributed by atoms with Gasteiger partial charge in [-0.25, -0.2) is 0 Å². The number of likely N-dealkylation sites (tertiary alicyclic amines) is 1. The molecule has 1 heterocycles. The lowest BCUT2D eigenvalue weighted by atomic mass is 9.59. The number of ether oxygens (including phenoxy) is 1. The van der Waals surface area contributed by atoms with E-state index in [9.17, 15) is 29.1 Å². The summed E-state index contributed by atoms with van der Waals surface area (Å²) in [7, 11) is 0. The van der Waals surface area contributed by atoms with Gasteiger partial charge in [0.05, 0.1) is 22.9 Å². The molecule has 2 amide bonds. The number of fused-ring (bicyclic) bond motifs is 3. The van der Waals surface area contributed by atoms with Crippen molar-refractivity contribution in [2.75, 3.05) is 13.2 Å². The maximum atomic E-state index is 13.6. The molecule has 0 unspecified atom stereocenters. The minimum absolute atomic E-state index is 0.0132. The third-order valence-corrected chi connectivity index (χ3v) is 8.42. The zero-order valence-electron chi connectivity index (χ0n) is 20.6. The number of phenols is 1. The molecule has 198 valence electrons. The number of aliphatic carboxylic acids is 1. The van der Waals surface area contributed by atoms with Crippen molar-refractivity contribution < 1.29 is 38.9 Å². The van der Waals surface area contributed by atoms with E-state index in [-0.39, 0.29) is 82.7 Å². The fourth-order valence-corrected chi connectivity index (χ4v) is 6.73. The molecular formula is C28H26BrNO8. The van der Waals surface area contributed by atoms with Crippen molar-refractivity contribution in [3.63, 3.8) is 0 Å². The number of nitrogens with zero attached hydrogens (tertiary/aromatic N) is 1. The van der Waals surface area contributed by atoms with E-state index in [0.29, 0.717) is 12.2 Å². The lowest BCUT2D eigenvalue weighted by Gasteiger charge is -2.42. The highest BCUT2D eigenvalue weighted by Crippen LogP contribution is 2.56. The molecule has 4 aliphatic rings. The van der Waals surface area contributed by atoms with E-state index in [0.717, 1.165) is 10.5 Å². The van der Waals surface area contributed by atoms with Crippen molar-refractivity contribution in [3.8, 4) is 11.5 Å². The van der Waals surface area contributed by atoms with E-state index in [2.05, 4.69) is 15.9 Å². The smallest absolute Gasteiger partial charge is 0.303 e. The van der Waals surface area contributed by atoms with Gasteiger partial charge in [-0.2, -0.15) is 0 Å². The van der Waals surface area contributed by atoms with Crippen LogP contribution in [0, 0.1) is 17.8 Å². The van der Waals surface area contributed by atoms with Crippen LogP contribution in [0.5, 0.6) is 11.5 Å². The maximum Gasteiger partial charge on any atom is 0.303 e. The number of phenolic OH excluding ortho intramolecular Hbond substituents is 1. The summed E-state index contributed by atoms with van der Waals surface area (Å²) < 4.78 is 5.69. The highest BCUT2D eigenvalue weighted by Gasteiger charge is 2.56. The number of ketones is 2. The first-order valence-electron chi connectivity index (χ1n) is 12.6. The number of amides is 2. The van der Waals surface area contributed by atoms with Gasteiger partial charge in [0.2, 0.25) is 11.8 Å². The Hall–Kier alpha value is -3.53. The molecule has 1 aliphatic heterocycles. The van der Waals surface area contributed by atoms with Crippen LogP contribution in [-0.2, 0) is 24.0 Å². The summed E-state index contributed by atoms with van der Waals surface area (Å²) in [6, 6.07) is 4.99. The summed E-state index contributed by atoms with van der Waals surface area (Å²) in [4.78, 5) is 65.4. The van der Waals surface area contributed by atoms with Crippen LogP contribution in [0.4, 0.5) is 0 Å². The number of imide groups is 1. The fraction of sp³-hybridized carbons (Fsp3) is 0.393. The number of halogens is 1. The SMILES string of the molecule is CCOc1cccc([C@H]2C3=CC[C@@H]4C(=O)N(CCCC(=O)O)C(=O)[C@@H]4[C@@H]3CC3=C2C(=O)C=C(Br)C3=O)c1O. The summed E-state index contributed by atoms with van der Waals surface area (Å²) in [6.45, 7) is 2.11. The van der Waals surface area contributed by atoms with Crippen LogP contribution >= 0.6 is 15.9 Å². The largest absolute Gasteiger partial charge is 0.504 e. The van der Waals surface area contributed by atoms with Crippen molar-refractivity contribution in [2.45, 2.75) is 38.5 Å². The second-order valence-electron chi connectivity index (χ2n) is 9.85. The average Bonchev–Trinajstić information content (AvgIpc) is 3.12. The number of para-hydroxylation sites is 1. The van der Waals surface area contributed by atoms with Gasteiger partial charge in [0.15, 0.2) is 23.1 Å². The van der Waals surface area contributed by atoms with Crippen molar-refractivity contribution in [2.24, 2.45) is 17.8 Å². The maximum absolute atomic E-state index is 13.6. The number of hydrogen-bond donors (Lipinski definition) is 2. The van der Waals surface area contributed by atoms with Crippen LogP contribution < -0.4 is 4.74 Å². The molecule has 3 aliphatic carbocycles. The van der Waals surface area contributed by atoms with Crippen LogP contribution in [0.15, 0.2) is 51.6 Å². The van der Waals surface area contributed by atoms with E-state index in [4.69, 9.17) is 9.84 Å². The predicted octanol–water partition coefficient (Wildman–Crippen LogP) is 3.42. The van der Waals surface area contributed by atoms with Gasteiger partial charge in [0.25, 0.3) is 0 Å². The van der Waals surface area contributed by atoms with Gasteiger partial charge in [-0.05, 0) is 54.1 Å². The van der Waals surface area contributed by atoms with E-state index in [1.54, 1.807) is 25.1 Å². The van der Waals surface area contributed by atoms with E-state index < -0.39 is 29.6 Å². The minimum Gasteiger partial charge on any atom is -0.504 e. The van der Waals surface area contributed by atoms with Crippen LogP contribution in [0.25, 0.3) is 0 Å². The molecular weight excluding hydrogens is 558 g/mol. The Bertz CT molecular complexity index is 1370. The number of hydrogen-bond acceptors (Lipinski definition) is 7. The predicted molar refractivity (Wildman–Crippen MR) is 137 cm³/mol. The Morgan fingerprint density at radius 2 is 1.92 bits per heavy atom. The van der Waals surface area contributed by atoms with E-state index in [1.807, 2.05) is 6.08 Å². The Balaban J connectivity index is 1.60. The van der Waals surface area contributed by atoms with Gasteiger partial charge in [-0.3, -0.25) is 28.9 Å². The van der Waals surface area contributed by atoms with Gasteiger partial charge in [0, 0.05) is 41.7 Å². The first kappa shape index (κ1) is 26.1. The molecule has 10 heteroatoms. The topological polar surface area (TPSA) is 138 Å². The van der Waals surface area contributed by atoms with Crippen LogP contribution in [0.1, 0.15) is 44.1 Å². The van der Waals surface area contributed by atoms with Gasteiger partial charge in [0.1, 0.15) is 0 Å². The molecule has 0 bridgehead atoms. The van der Waals surface area contributed by atoms with Gasteiger partial charge >= 0.3 is 5.97 Å². The van der Waals surface area contributed by atoms with Crippen molar-refractivity contribution in [1.29, 1.82) is 0 Å². The summed E-state index contributed by atoms with van der Waals surface area (Å²) in [5, 5.41) is 20.1. The molecule has 5 rings (SSSR count). The molecule has 4 atom stereocenters. The Morgan fingerprint density at radius 1 is 1.16 bits per heavy atom. The standard InChI is InChI=1S/C28H26BrNO8/c1-2-38-20-6-3-5-14(26(20)35)22-13-8-9-15-23(28(37)30(27(15)36)10-4-7-21(32)33)16(13)11-17-24(22)19(31)12-18(29)25(17)34/h3,5-6,8,12,15-16,22-23,35H,2,4,7,9-11H2,1H3,(H,32,33)/t15-,16+,22+,23-/m0/s1. The van der Waals surface area contributed by atoms with Crippen molar-refractivity contribution in [3.05, 3.63) is 57.1 Å². The number of rotatable bonds is 7. The normalized spacial score (nSPS) is 26.5. The number of carboxylic acids is 1. The first-order chi connectivity index (χ1) is 18.1. The van der Waals surface area contributed by atoms with Crippen LogP contribution in [0.3, 0.4) is 0 Å². The summed E-state index contributed by atoms with van der Waals surface area (Å²) in [5.41, 5.74) is 1.64. The molecule has 38 heavy (non-hydrogen) atoms. The summed E-state index contributed by atoms with van der Waals surface area (Å²) in [5.74, 6) is -5.05. The zero-order chi connectivity index (χ0) is 27.3. The molecule has 1 aromatic rings. The fourth-order valence-electron chi connectivity index (χ4n) is 6.28. The summed E-state index contributed by atoms with van der Waals surface area (Å²) in [6.07, 6.45) is 3.47. The minimum atomic E-state index is -1.01. The number of allylic oxidation sites excluding steroid dienone is 6. The van der Waals surface area contributed by atoms with Crippen LogP contribution in [0.2, 0.25) is 0 Å². The quantitative estimate of drug-likeness (QED) is 0.283. The Labute approximate surface area is 227 Å². The van der Waals surface area contributed by atoms with Gasteiger partial charge in [-0.15, -0.1) is 0 Å². The van der Waals surface area contributed by atoms with Crippen molar-refractivity contribution in [1.82, 2.24) is 4.90 Å². The molecule has 0 saturated carbocycles. The zero-order valence-corrected chi connectivity index (χ0v) is 22.2. The number of carboxylic acid groups (broad SMARTS) is 1. The van der Waals surface area contributed by atoms with Gasteiger partial charge < -0.3 is 14.9 Å². The van der Waals surface area contributed by atoms with Gasteiger partial charge in [-0.1, -0.05) is 23.8 Å². The lowest BCUT2D eigenvalue weighted by molar-refractivity contribution is -0.142. The summed E-state index contributed by atoms with van der Waals surface area (Å²) >= 11 is 3.19. The number of aromatic hydroxyl groups is 1. The Morgan fingerprint density at radius 3 is 2.63 bits per heavy atom. The van der Waals surface area contributed by atoms with Crippen LogP contribution in [-0.4, -0.2) is 57.6 Å². The molecule has 0 radical (unpaired) electrons. The number of benzene rings is 1. The lowest BCUT2D eigenvalue weighted by Crippen LogP contribution is -2.39. The molecule has 1 fully saturated rings. The Kier molecular flexibility index (Phi) is 6.85.